The maximum absolute atomic E-state index is 12.7. The monoisotopic (exact) mass is 785 g/mol. The number of phosphoric acid groups is 1. The molecule has 0 aromatic rings. The molecule has 4 unspecified atom stereocenters. The minimum absolute atomic E-state index is 0.0409. The highest BCUT2D eigenvalue weighted by Crippen LogP contribution is 2.43. The van der Waals surface area contributed by atoms with Gasteiger partial charge in [-0.15, -0.1) is 0 Å². The number of phosphoric ester groups is 1. The first-order valence-corrected chi connectivity index (χ1v) is 23.7. The molecule has 9 nitrogen and oxygen atoms in total. The summed E-state index contributed by atoms with van der Waals surface area (Å²) in [6.45, 7) is 3.91. The minimum atomic E-state index is -4.41. The Kier molecular flexibility index (Phi) is 38.9. The van der Waals surface area contributed by atoms with Crippen LogP contribution in [0.25, 0.3) is 0 Å². The smallest absolute Gasteiger partial charge is 0.389 e. The van der Waals surface area contributed by atoms with Gasteiger partial charge in [0.2, 0.25) is 5.91 Å². The summed E-state index contributed by atoms with van der Waals surface area (Å²) in [6, 6.07) is -1.01. The second kappa shape index (κ2) is 39.9. The summed E-state index contributed by atoms with van der Waals surface area (Å²) in [7, 11) is -4.41. The van der Waals surface area contributed by atoms with E-state index in [4.69, 9.17) is 14.8 Å². The summed E-state index contributed by atoms with van der Waals surface area (Å²) >= 11 is 0. The minimum Gasteiger partial charge on any atom is -0.389 e. The highest BCUT2D eigenvalue weighted by Gasteiger charge is 2.27. The van der Waals surface area contributed by atoms with Gasteiger partial charge in [-0.3, -0.25) is 13.8 Å². The maximum Gasteiger partial charge on any atom is 0.472 e. The fourth-order valence-electron chi connectivity index (χ4n) is 6.41. The van der Waals surface area contributed by atoms with E-state index in [2.05, 4.69) is 31.3 Å². The maximum atomic E-state index is 12.7. The summed E-state index contributed by atoms with van der Waals surface area (Å²) in [5.74, 6) is -0.513. The van der Waals surface area contributed by atoms with Gasteiger partial charge >= 0.3 is 7.82 Å². The van der Waals surface area contributed by atoms with E-state index in [0.717, 1.165) is 25.7 Å². The predicted molar refractivity (Wildman–Crippen MR) is 227 cm³/mol. The molecule has 6 N–H and O–H groups in total. The zero-order chi connectivity index (χ0) is 39.8. The Morgan fingerprint density at radius 2 is 1.07 bits per heavy atom. The van der Waals surface area contributed by atoms with Gasteiger partial charge < -0.3 is 26.2 Å². The molecule has 0 saturated carbocycles. The molecule has 0 radical (unpaired) electrons. The molecule has 0 heterocycles. The van der Waals surface area contributed by atoms with E-state index in [-0.39, 0.29) is 19.6 Å². The Labute approximate surface area is 332 Å². The van der Waals surface area contributed by atoms with Crippen molar-refractivity contribution in [1.82, 2.24) is 5.32 Å². The number of hydrogen-bond donors (Lipinski definition) is 5. The molecule has 0 rings (SSSR count). The molecule has 0 spiro atoms. The molecule has 4 atom stereocenters. The quantitative estimate of drug-likeness (QED) is 0.0233. The summed E-state index contributed by atoms with van der Waals surface area (Å²) in [4.78, 5) is 22.7. The number of carbonyl (C=O) groups is 1. The fraction of sp³-hybridized carbons (Fsp3) is 0.841. The number of hydrogen-bond acceptors (Lipinski definition) is 7. The molecule has 0 aliphatic heterocycles. The second-order valence-corrected chi connectivity index (χ2v) is 16.5. The largest absolute Gasteiger partial charge is 0.472 e. The summed E-state index contributed by atoms with van der Waals surface area (Å²) in [6.07, 6.45) is 44.1. The number of rotatable bonds is 41. The average molecular weight is 785 g/mol. The van der Waals surface area contributed by atoms with Gasteiger partial charge in [-0.25, -0.2) is 4.57 Å². The lowest BCUT2D eigenvalue weighted by molar-refractivity contribution is -0.124. The van der Waals surface area contributed by atoms with Crippen molar-refractivity contribution < 1.29 is 33.5 Å². The van der Waals surface area contributed by atoms with Crippen LogP contribution >= 0.6 is 7.82 Å². The van der Waals surface area contributed by atoms with Crippen LogP contribution < -0.4 is 11.1 Å². The number of nitrogens with two attached hydrogens (primary N) is 1. The number of aliphatic hydroxyl groups excluding tert-OH is 2. The van der Waals surface area contributed by atoms with Crippen LogP contribution in [0, 0.1) is 0 Å². The van der Waals surface area contributed by atoms with Crippen LogP contribution in [0.4, 0.5) is 0 Å². The highest BCUT2D eigenvalue weighted by atomic mass is 31.2. The Bertz CT molecular complexity index is 961. The van der Waals surface area contributed by atoms with Crippen LogP contribution in [-0.4, -0.2) is 59.0 Å². The first-order valence-electron chi connectivity index (χ1n) is 22.2. The molecule has 10 heteroatoms. The zero-order valence-corrected chi connectivity index (χ0v) is 35.7. The average Bonchev–Trinajstić information content (AvgIpc) is 3.15. The molecule has 1 amide bonds. The van der Waals surface area contributed by atoms with Gasteiger partial charge in [0.25, 0.3) is 0 Å². The van der Waals surface area contributed by atoms with Crippen molar-refractivity contribution in [2.24, 2.45) is 5.73 Å². The van der Waals surface area contributed by atoms with Crippen LogP contribution in [0.1, 0.15) is 200 Å². The Balaban J connectivity index is 4.33. The third-order valence-electron chi connectivity index (χ3n) is 9.77. The van der Waals surface area contributed by atoms with Crippen molar-refractivity contribution in [3.8, 4) is 0 Å². The standard InChI is InChI=1S/C44H85N2O7P/c1-3-5-7-9-11-13-15-16-17-18-19-20-21-22-23-24-26-28-30-32-34-36-43(48)42(40-53-54(50,51)52-38-37-45)46-44(49)39-41(47)35-33-31-29-27-25-14-12-10-8-6-4-2/h27,29,33-36,41-43,47-48H,3-26,28,30-32,37-40,45H2,1-2H3,(H,46,49)(H,50,51)/b29-27-,35-33-,36-34+. The normalized spacial score (nSPS) is 15.0. The SMILES string of the molecule is CCCCCCCC/C=C\C/C=C\C(O)CC(=O)NC(COP(=O)(O)OCCN)C(O)/C=C/CCCCCCCCCCCCCCCCCCCCC. The van der Waals surface area contributed by atoms with Crippen molar-refractivity contribution >= 4 is 13.7 Å². The van der Waals surface area contributed by atoms with Crippen LogP contribution in [0.2, 0.25) is 0 Å². The lowest BCUT2D eigenvalue weighted by Crippen LogP contribution is -2.46. The van der Waals surface area contributed by atoms with E-state index in [1.54, 1.807) is 12.2 Å². The van der Waals surface area contributed by atoms with Crippen LogP contribution in [0.3, 0.4) is 0 Å². The molecule has 0 fully saturated rings. The molecule has 0 saturated heterocycles. The highest BCUT2D eigenvalue weighted by molar-refractivity contribution is 7.47. The number of aliphatic hydroxyl groups is 2. The third-order valence-corrected chi connectivity index (χ3v) is 10.8. The number of carbonyl (C=O) groups excluding carboxylic acids is 1. The van der Waals surface area contributed by atoms with E-state index in [0.29, 0.717) is 6.42 Å². The molecule has 318 valence electrons. The molecule has 0 bridgehead atoms. The van der Waals surface area contributed by atoms with E-state index in [1.165, 1.54) is 148 Å². The summed E-state index contributed by atoms with van der Waals surface area (Å²) in [5, 5.41) is 23.9. The van der Waals surface area contributed by atoms with E-state index >= 15 is 0 Å². The van der Waals surface area contributed by atoms with Crippen molar-refractivity contribution in [1.29, 1.82) is 0 Å². The van der Waals surface area contributed by atoms with Crippen molar-refractivity contribution in [2.75, 3.05) is 19.8 Å². The van der Waals surface area contributed by atoms with Gasteiger partial charge in [0.1, 0.15) is 0 Å². The van der Waals surface area contributed by atoms with E-state index < -0.39 is 38.6 Å². The van der Waals surface area contributed by atoms with E-state index in [1.807, 2.05) is 12.2 Å². The summed E-state index contributed by atoms with van der Waals surface area (Å²) < 4.78 is 22.0. The molecule has 0 aliphatic carbocycles. The molecule has 0 aromatic heterocycles. The van der Waals surface area contributed by atoms with Gasteiger partial charge in [-0.2, -0.15) is 0 Å². The molecular formula is C44H85N2O7P. The van der Waals surface area contributed by atoms with Gasteiger partial charge in [0, 0.05) is 6.54 Å². The number of nitrogens with one attached hydrogen (secondary N) is 1. The third kappa shape index (κ3) is 37.6. The number of allylic oxidation sites excluding steroid dienone is 4. The lowest BCUT2D eigenvalue weighted by Gasteiger charge is -2.23. The number of amides is 1. The van der Waals surface area contributed by atoms with Crippen LogP contribution in [0.15, 0.2) is 36.5 Å². The Morgan fingerprint density at radius 1 is 0.630 bits per heavy atom. The Morgan fingerprint density at radius 3 is 1.54 bits per heavy atom. The van der Waals surface area contributed by atoms with Gasteiger partial charge in [-0.05, 0) is 32.1 Å². The number of unbranched alkanes of at least 4 members (excludes halogenated alkanes) is 25. The fourth-order valence-corrected chi connectivity index (χ4v) is 7.17. The summed E-state index contributed by atoms with van der Waals surface area (Å²) in [5.41, 5.74) is 5.36. The van der Waals surface area contributed by atoms with Crippen LogP contribution in [-0.2, 0) is 18.4 Å². The van der Waals surface area contributed by atoms with Gasteiger partial charge in [0.05, 0.1) is 37.9 Å². The molecule has 0 aliphatic rings. The molecule has 0 aromatic carbocycles. The van der Waals surface area contributed by atoms with Gasteiger partial charge in [-0.1, -0.05) is 198 Å². The van der Waals surface area contributed by atoms with Crippen molar-refractivity contribution in [2.45, 2.75) is 218 Å². The topological polar surface area (TPSA) is 151 Å². The Hall–Kier alpha value is -1.32. The zero-order valence-electron chi connectivity index (χ0n) is 34.8. The first kappa shape index (κ1) is 52.7. The van der Waals surface area contributed by atoms with Crippen molar-refractivity contribution in [3.63, 3.8) is 0 Å². The van der Waals surface area contributed by atoms with Gasteiger partial charge in [0.15, 0.2) is 0 Å². The first-order chi connectivity index (χ1) is 26.3. The van der Waals surface area contributed by atoms with E-state index in [9.17, 15) is 24.5 Å². The molecule has 54 heavy (non-hydrogen) atoms. The molecular weight excluding hydrogens is 699 g/mol. The predicted octanol–water partition coefficient (Wildman–Crippen LogP) is 11.3. The van der Waals surface area contributed by atoms with Crippen molar-refractivity contribution in [3.05, 3.63) is 36.5 Å². The van der Waals surface area contributed by atoms with Crippen LogP contribution in [0.5, 0.6) is 0 Å². The second-order valence-electron chi connectivity index (χ2n) is 15.1. The lowest BCUT2D eigenvalue weighted by atomic mass is 10.0.